The number of rotatable bonds is 7. The minimum atomic E-state index is -0.959. The number of benzene rings is 1. The predicted octanol–water partition coefficient (Wildman–Crippen LogP) is 1.03. The summed E-state index contributed by atoms with van der Waals surface area (Å²) in [5, 5.41) is 11.5. The van der Waals surface area contributed by atoms with Crippen LogP contribution >= 0.6 is 0 Å². The van der Waals surface area contributed by atoms with Gasteiger partial charge in [-0.2, -0.15) is 0 Å². The van der Waals surface area contributed by atoms with Gasteiger partial charge in [-0.15, -0.1) is 0 Å². The lowest BCUT2D eigenvalue weighted by atomic mass is 10.2. The van der Waals surface area contributed by atoms with Crippen molar-refractivity contribution in [2.24, 2.45) is 0 Å². The third kappa shape index (κ3) is 5.65. The minimum Gasteiger partial charge on any atom is -0.395 e. The highest BCUT2D eigenvalue weighted by Crippen LogP contribution is 2.10. The Morgan fingerprint density at radius 2 is 1.95 bits per heavy atom. The summed E-state index contributed by atoms with van der Waals surface area (Å²) in [6.45, 7) is 1.000. The topological polar surface area (TPSA) is 55.8 Å². The molecule has 0 aliphatic heterocycles. The highest BCUT2D eigenvalue weighted by atomic mass is 19.2. The summed E-state index contributed by atoms with van der Waals surface area (Å²) in [6.07, 6.45) is 0. The average molecular weight is 301 g/mol. The van der Waals surface area contributed by atoms with E-state index in [1.165, 1.54) is 17.0 Å². The van der Waals surface area contributed by atoms with Crippen LogP contribution in [0.25, 0.3) is 0 Å². The van der Waals surface area contributed by atoms with Crippen molar-refractivity contribution >= 4 is 6.03 Å². The fraction of sp³-hybridized carbons (Fsp3) is 0.500. The molecule has 0 aliphatic carbocycles. The van der Waals surface area contributed by atoms with Crippen molar-refractivity contribution in [3.8, 4) is 0 Å². The van der Waals surface area contributed by atoms with Gasteiger partial charge in [0, 0.05) is 31.7 Å². The van der Waals surface area contributed by atoms with E-state index < -0.39 is 17.7 Å². The number of likely N-dealkylation sites (N-methyl/N-ethyl adjacent to an activating group) is 1. The Balaban J connectivity index is 2.58. The lowest BCUT2D eigenvalue weighted by Gasteiger charge is -2.24. The molecule has 21 heavy (non-hydrogen) atoms. The summed E-state index contributed by atoms with van der Waals surface area (Å²) in [6, 6.07) is 3.40. The van der Waals surface area contributed by atoms with E-state index in [0.29, 0.717) is 13.1 Å². The quantitative estimate of drug-likeness (QED) is 0.791. The molecule has 7 heteroatoms. The lowest BCUT2D eigenvalue weighted by molar-refractivity contribution is 0.170. The SMILES string of the molecule is CN(C)CCN(CCO)C(=O)NCc1cccc(F)c1F. The Labute approximate surface area is 123 Å². The van der Waals surface area contributed by atoms with Gasteiger partial charge < -0.3 is 20.2 Å². The first kappa shape index (κ1) is 17.3. The predicted molar refractivity (Wildman–Crippen MR) is 75.8 cm³/mol. The highest BCUT2D eigenvalue weighted by Gasteiger charge is 2.14. The standard InChI is InChI=1S/C14H21F2N3O2/c1-18(2)6-7-19(8-9-20)14(21)17-10-11-4-3-5-12(15)13(11)16/h3-5,20H,6-10H2,1-2H3,(H,17,21). The van der Waals surface area contributed by atoms with Crippen molar-refractivity contribution in [2.45, 2.75) is 6.54 Å². The fourth-order valence-corrected chi connectivity index (χ4v) is 1.72. The number of halogens is 2. The van der Waals surface area contributed by atoms with Gasteiger partial charge in [-0.25, -0.2) is 13.6 Å². The smallest absolute Gasteiger partial charge is 0.317 e. The zero-order valence-electron chi connectivity index (χ0n) is 12.3. The van der Waals surface area contributed by atoms with E-state index in [9.17, 15) is 13.6 Å². The van der Waals surface area contributed by atoms with Crippen molar-refractivity contribution in [1.29, 1.82) is 0 Å². The first-order chi connectivity index (χ1) is 9.95. The number of aliphatic hydroxyl groups is 1. The maximum absolute atomic E-state index is 13.5. The van der Waals surface area contributed by atoms with Gasteiger partial charge in [0.1, 0.15) is 0 Å². The van der Waals surface area contributed by atoms with Crippen molar-refractivity contribution in [3.05, 3.63) is 35.4 Å². The van der Waals surface area contributed by atoms with Crippen molar-refractivity contribution < 1.29 is 18.7 Å². The van der Waals surface area contributed by atoms with Crippen LogP contribution in [0.3, 0.4) is 0 Å². The number of hydrogen-bond acceptors (Lipinski definition) is 3. The molecule has 0 atom stereocenters. The highest BCUT2D eigenvalue weighted by molar-refractivity contribution is 5.74. The number of carbonyl (C=O) groups excluding carboxylic acids is 1. The van der Waals surface area contributed by atoms with Crippen LogP contribution in [0.1, 0.15) is 5.56 Å². The summed E-state index contributed by atoms with van der Waals surface area (Å²) in [4.78, 5) is 15.3. The fourth-order valence-electron chi connectivity index (χ4n) is 1.72. The van der Waals surface area contributed by atoms with E-state index in [4.69, 9.17) is 5.11 Å². The molecule has 118 valence electrons. The molecule has 2 N–H and O–H groups in total. The molecule has 1 aromatic rings. The first-order valence-corrected chi connectivity index (χ1v) is 6.67. The number of carbonyl (C=O) groups is 1. The molecule has 5 nitrogen and oxygen atoms in total. The average Bonchev–Trinajstić information content (AvgIpc) is 2.44. The minimum absolute atomic E-state index is 0.0832. The molecule has 2 amide bonds. The molecule has 1 rings (SSSR count). The molecule has 0 saturated heterocycles. The van der Waals surface area contributed by atoms with E-state index >= 15 is 0 Å². The van der Waals surface area contributed by atoms with Gasteiger partial charge in [-0.3, -0.25) is 0 Å². The molecule has 0 spiro atoms. The van der Waals surface area contributed by atoms with Gasteiger partial charge >= 0.3 is 6.03 Å². The van der Waals surface area contributed by atoms with Crippen LogP contribution in [0.15, 0.2) is 18.2 Å². The maximum atomic E-state index is 13.5. The van der Waals surface area contributed by atoms with Crippen molar-refractivity contribution in [1.82, 2.24) is 15.1 Å². The second-order valence-corrected chi connectivity index (χ2v) is 4.89. The third-order valence-electron chi connectivity index (χ3n) is 2.94. The Morgan fingerprint density at radius 3 is 2.57 bits per heavy atom. The van der Waals surface area contributed by atoms with Crippen LogP contribution in [0.4, 0.5) is 13.6 Å². The van der Waals surface area contributed by atoms with Crippen molar-refractivity contribution in [2.75, 3.05) is 40.3 Å². The number of aliphatic hydroxyl groups excluding tert-OH is 1. The summed E-state index contributed by atoms with van der Waals surface area (Å²) >= 11 is 0. The molecule has 0 saturated carbocycles. The molecular formula is C14H21F2N3O2. The molecule has 0 heterocycles. The number of amides is 2. The largest absolute Gasteiger partial charge is 0.395 e. The molecule has 0 radical (unpaired) electrons. The van der Waals surface area contributed by atoms with E-state index in [1.54, 1.807) is 0 Å². The molecular weight excluding hydrogens is 280 g/mol. The molecule has 0 unspecified atom stereocenters. The number of nitrogens with one attached hydrogen (secondary N) is 1. The zero-order chi connectivity index (χ0) is 15.8. The first-order valence-electron chi connectivity index (χ1n) is 6.67. The maximum Gasteiger partial charge on any atom is 0.317 e. The van der Waals surface area contributed by atoms with Crippen LogP contribution in [0.5, 0.6) is 0 Å². The van der Waals surface area contributed by atoms with Gasteiger partial charge in [0.05, 0.1) is 6.61 Å². The molecule has 0 aliphatic rings. The van der Waals surface area contributed by atoms with Gasteiger partial charge in [0.25, 0.3) is 0 Å². The summed E-state index contributed by atoms with van der Waals surface area (Å²) in [7, 11) is 3.74. The number of urea groups is 1. The number of nitrogens with zero attached hydrogens (tertiary/aromatic N) is 2. The van der Waals surface area contributed by atoms with Crippen LogP contribution in [-0.4, -0.2) is 61.3 Å². The van der Waals surface area contributed by atoms with Crippen molar-refractivity contribution in [3.63, 3.8) is 0 Å². The van der Waals surface area contributed by atoms with Gasteiger partial charge in [0.15, 0.2) is 11.6 Å². The van der Waals surface area contributed by atoms with Gasteiger partial charge in [0.2, 0.25) is 0 Å². The van der Waals surface area contributed by atoms with Crippen LogP contribution in [-0.2, 0) is 6.54 Å². The zero-order valence-corrected chi connectivity index (χ0v) is 12.3. The van der Waals surface area contributed by atoms with E-state index in [2.05, 4.69) is 5.32 Å². The van der Waals surface area contributed by atoms with E-state index in [-0.39, 0.29) is 25.3 Å². The van der Waals surface area contributed by atoms with Gasteiger partial charge in [-0.1, -0.05) is 12.1 Å². The molecule has 0 bridgehead atoms. The third-order valence-corrected chi connectivity index (χ3v) is 2.94. The Hall–Kier alpha value is -1.73. The Morgan fingerprint density at radius 1 is 1.24 bits per heavy atom. The summed E-state index contributed by atoms with van der Waals surface area (Å²) in [5.41, 5.74) is 0.0832. The molecule has 0 fully saturated rings. The van der Waals surface area contributed by atoms with Crippen LogP contribution in [0, 0.1) is 11.6 Å². The van der Waals surface area contributed by atoms with Crippen LogP contribution in [0.2, 0.25) is 0 Å². The summed E-state index contributed by atoms with van der Waals surface area (Å²) in [5.74, 6) is -1.90. The van der Waals surface area contributed by atoms with Crippen LogP contribution < -0.4 is 5.32 Å². The number of hydrogen-bond donors (Lipinski definition) is 2. The summed E-state index contributed by atoms with van der Waals surface area (Å²) < 4.78 is 26.5. The Kier molecular flexibility index (Phi) is 7.04. The second-order valence-electron chi connectivity index (χ2n) is 4.89. The van der Waals surface area contributed by atoms with E-state index in [0.717, 1.165) is 6.07 Å². The Bertz CT molecular complexity index is 470. The molecule has 0 aromatic heterocycles. The monoisotopic (exact) mass is 301 g/mol. The normalized spacial score (nSPS) is 10.8. The molecule has 1 aromatic carbocycles. The van der Waals surface area contributed by atoms with E-state index in [1.807, 2.05) is 19.0 Å². The second kappa shape index (κ2) is 8.53. The van der Waals surface area contributed by atoms with Gasteiger partial charge in [-0.05, 0) is 20.2 Å². The lowest BCUT2D eigenvalue weighted by Crippen LogP contribution is -2.44.